The van der Waals surface area contributed by atoms with Crippen molar-refractivity contribution in [3.05, 3.63) is 158 Å². The van der Waals surface area contributed by atoms with Crippen LogP contribution < -0.4 is 0 Å². The first kappa shape index (κ1) is 26.7. The first-order chi connectivity index (χ1) is 19.8. The summed E-state index contributed by atoms with van der Waals surface area (Å²) in [7, 11) is 0. The van der Waals surface area contributed by atoms with Crippen LogP contribution in [-0.2, 0) is 26.2 Å². The zero-order valence-corrected chi connectivity index (χ0v) is 24.8. The van der Waals surface area contributed by atoms with Crippen LogP contribution in [0.25, 0.3) is 66.8 Å². The minimum atomic E-state index is 0. The Bertz CT molecular complexity index is 1790. The molecular weight excluding hydrogens is 580 g/mol. The second-order valence-electron chi connectivity index (χ2n) is 9.81. The number of benzene rings is 4. The molecule has 3 heteroatoms. The molecule has 0 amide bonds. The molecule has 0 atom stereocenters. The summed E-state index contributed by atoms with van der Waals surface area (Å²) in [6.07, 6.45) is 0. The van der Waals surface area contributed by atoms with Gasteiger partial charge in [-0.15, -0.1) is 57.9 Å². The van der Waals surface area contributed by atoms with Crippen molar-refractivity contribution >= 4 is 21.5 Å². The van der Waals surface area contributed by atoms with Gasteiger partial charge < -0.3 is 8.83 Å². The van der Waals surface area contributed by atoms with Crippen LogP contribution in [0, 0.1) is 0 Å². The summed E-state index contributed by atoms with van der Waals surface area (Å²) in [5.74, 6) is 3.65. The molecule has 0 aliphatic heterocycles. The molecule has 0 saturated heterocycles. The Balaban J connectivity index is 0.000000144. The molecule has 0 fully saturated rings. The number of hydrogen-bond donors (Lipinski definition) is 0. The molecule has 0 spiro atoms. The van der Waals surface area contributed by atoms with Gasteiger partial charge in [0.1, 0.15) is 11.5 Å². The third kappa shape index (κ3) is 5.73. The molecule has 0 unspecified atom stereocenters. The number of fused-ring (bicyclic) bond motifs is 2. The average molecular weight is 606 g/mol. The van der Waals surface area contributed by atoms with Crippen molar-refractivity contribution < 1.29 is 35.0 Å². The zero-order chi connectivity index (χ0) is 26.7. The maximum atomic E-state index is 5.99. The average Bonchev–Trinajstić information content (AvgIpc) is 3.83. The molecule has 8 rings (SSSR count). The summed E-state index contributed by atoms with van der Waals surface area (Å²) in [5.41, 5.74) is 4.48. The van der Waals surface area contributed by atoms with E-state index in [9.17, 15) is 0 Å². The normalized spacial score (nSPS) is 10.7. The Hall–Kier alpha value is -4.46. The molecule has 0 N–H and O–H groups in total. The largest absolute Gasteiger partial charge is 2.00 e. The van der Waals surface area contributed by atoms with E-state index < -0.39 is 0 Å². The predicted octanol–water partition coefficient (Wildman–Crippen LogP) is 11.0. The van der Waals surface area contributed by atoms with E-state index in [4.69, 9.17) is 8.83 Å². The molecule has 0 aliphatic carbocycles. The second kappa shape index (κ2) is 12.0. The van der Waals surface area contributed by atoms with E-state index in [1.807, 2.05) is 60.7 Å². The fourth-order valence-electron chi connectivity index (χ4n) is 5.09. The van der Waals surface area contributed by atoms with Crippen molar-refractivity contribution in [1.82, 2.24) is 0 Å². The molecule has 0 radical (unpaired) electrons. The van der Waals surface area contributed by atoms with Gasteiger partial charge in [0.2, 0.25) is 0 Å². The van der Waals surface area contributed by atoms with Crippen molar-refractivity contribution in [2.75, 3.05) is 0 Å². The molecule has 194 valence electrons. The van der Waals surface area contributed by atoms with Crippen LogP contribution >= 0.6 is 0 Å². The van der Waals surface area contributed by atoms with Crippen LogP contribution in [-0.4, -0.2) is 0 Å². The van der Waals surface area contributed by atoms with Gasteiger partial charge in [-0.05, 0) is 24.3 Å². The Labute approximate surface area is 258 Å². The third-order valence-electron chi connectivity index (χ3n) is 7.13. The standard InChI is InChI=1S/2C19H13O.Zr/c2*1-2-6-14(7-3-1)18-10-11-19(20-18)17-12-15-8-4-5-9-16(15)13-17;/h2*1-13H;/q2*-1;+2. The molecular formula is C38H26O2Zr. The third-order valence-corrected chi connectivity index (χ3v) is 7.13. The first-order valence-corrected chi connectivity index (χ1v) is 13.4. The number of rotatable bonds is 4. The molecule has 2 nitrogen and oxygen atoms in total. The summed E-state index contributed by atoms with van der Waals surface area (Å²) in [5, 5.41) is 5.00. The molecule has 6 aromatic carbocycles. The molecule has 0 bridgehead atoms. The Morgan fingerprint density at radius 2 is 0.732 bits per heavy atom. The summed E-state index contributed by atoms with van der Waals surface area (Å²) < 4.78 is 12.0. The van der Waals surface area contributed by atoms with Gasteiger partial charge in [0, 0.05) is 11.1 Å². The number of hydrogen-bond acceptors (Lipinski definition) is 2. The quantitative estimate of drug-likeness (QED) is 0.187. The first-order valence-electron chi connectivity index (χ1n) is 13.4. The van der Waals surface area contributed by atoms with Gasteiger partial charge in [0.15, 0.2) is 0 Å². The van der Waals surface area contributed by atoms with Crippen LogP contribution in [0.3, 0.4) is 0 Å². The summed E-state index contributed by atoms with van der Waals surface area (Å²) in [6, 6.07) is 53.9. The summed E-state index contributed by atoms with van der Waals surface area (Å²) in [4.78, 5) is 0. The molecule has 0 saturated carbocycles. The zero-order valence-electron chi connectivity index (χ0n) is 22.3. The SMILES string of the molecule is [Zr+2].c1ccc(-c2ccc(-c3cc4ccccc4[cH-]3)o2)cc1.c1ccc(-c2ccc(-c3cc4ccccc4[cH-]3)o2)cc1. The Morgan fingerprint density at radius 1 is 0.366 bits per heavy atom. The fourth-order valence-corrected chi connectivity index (χ4v) is 5.09. The minimum Gasteiger partial charge on any atom is -0.491 e. The summed E-state index contributed by atoms with van der Waals surface area (Å²) in [6.45, 7) is 0. The van der Waals surface area contributed by atoms with Crippen LogP contribution in [0.4, 0.5) is 0 Å². The van der Waals surface area contributed by atoms with Crippen molar-refractivity contribution in [3.8, 4) is 45.3 Å². The topological polar surface area (TPSA) is 26.3 Å². The maximum Gasteiger partial charge on any atom is 2.00 e. The van der Waals surface area contributed by atoms with Gasteiger partial charge in [-0.3, -0.25) is 0 Å². The monoisotopic (exact) mass is 604 g/mol. The second-order valence-corrected chi connectivity index (χ2v) is 9.81. The van der Waals surface area contributed by atoms with E-state index in [1.54, 1.807) is 0 Å². The molecule has 2 aromatic heterocycles. The van der Waals surface area contributed by atoms with Gasteiger partial charge in [-0.2, -0.15) is 0 Å². The van der Waals surface area contributed by atoms with E-state index in [-0.39, 0.29) is 26.2 Å². The minimum absolute atomic E-state index is 0. The molecule has 8 aromatic rings. The van der Waals surface area contributed by atoms with Gasteiger partial charge in [0.05, 0.1) is 11.5 Å². The summed E-state index contributed by atoms with van der Waals surface area (Å²) >= 11 is 0. The molecule has 0 aliphatic rings. The van der Waals surface area contributed by atoms with Crippen LogP contribution in [0.1, 0.15) is 0 Å². The van der Waals surface area contributed by atoms with Crippen LogP contribution in [0.5, 0.6) is 0 Å². The van der Waals surface area contributed by atoms with Gasteiger partial charge in [-0.25, -0.2) is 0 Å². The molecule has 41 heavy (non-hydrogen) atoms. The van der Waals surface area contributed by atoms with Crippen molar-refractivity contribution in [3.63, 3.8) is 0 Å². The van der Waals surface area contributed by atoms with Crippen molar-refractivity contribution in [1.29, 1.82) is 0 Å². The van der Waals surface area contributed by atoms with E-state index in [2.05, 4.69) is 97.1 Å². The fraction of sp³-hybridized carbons (Fsp3) is 0. The van der Waals surface area contributed by atoms with Crippen LogP contribution in [0.15, 0.2) is 167 Å². The van der Waals surface area contributed by atoms with E-state index >= 15 is 0 Å². The molecule has 2 heterocycles. The van der Waals surface area contributed by atoms with Gasteiger partial charge >= 0.3 is 26.2 Å². The van der Waals surface area contributed by atoms with E-state index in [1.165, 1.54) is 21.5 Å². The van der Waals surface area contributed by atoms with E-state index in [0.717, 1.165) is 45.3 Å². The number of furan rings is 2. The van der Waals surface area contributed by atoms with E-state index in [0.29, 0.717) is 0 Å². The Kier molecular flexibility index (Phi) is 7.80. The Morgan fingerprint density at radius 3 is 1.15 bits per heavy atom. The van der Waals surface area contributed by atoms with Crippen molar-refractivity contribution in [2.45, 2.75) is 0 Å². The predicted molar refractivity (Wildman–Crippen MR) is 165 cm³/mol. The van der Waals surface area contributed by atoms with Crippen LogP contribution in [0.2, 0.25) is 0 Å². The maximum absolute atomic E-state index is 5.99. The smallest absolute Gasteiger partial charge is 0.491 e. The van der Waals surface area contributed by atoms with Gasteiger partial charge in [0.25, 0.3) is 0 Å². The van der Waals surface area contributed by atoms with Gasteiger partial charge in [-0.1, -0.05) is 108 Å². The van der Waals surface area contributed by atoms with Crippen molar-refractivity contribution in [2.24, 2.45) is 0 Å².